The monoisotopic (exact) mass is 403 g/mol. The van der Waals surface area contributed by atoms with Gasteiger partial charge in [-0.1, -0.05) is 28.4 Å². The summed E-state index contributed by atoms with van der Waals surface area (Å²) in [4.78, 5) is 23.8. The average Bonchev–Trinajstić information content (AvgIpc) is 2.86. The highest BCUT2D eigenvalue weighted by Crippen LogP contribution is 2.26. The number of anilines is 1. The summed E-state index contributed by atoms with van der Waals surface area (Å²) in [6, 6.07) is 5.79. The lowest BCUT2D eigenvalue weighted by molar-refractivity contribution is -0.124. The predicted octanol–water partition coefficient (Wildman–Crippen LogP) is 2.75. The molecule has 0 aliphatic heterocycles. The molecule has 0 aromatic heterocycles. The minimum Gasteiger partial charge on any atom is -0.347 e. The smallest absolute Gasteiger partial charge is 0.243 e. The SMILES string of the molecule is Cc1ccc(Br)cc1NC(=O)CNC(=O)C[C@@H]1CCC[C@H]1N.Cl. The number of carbonyl (C=O) groups excluding carboxylic acids is 2. The molecule has 5 nitrogen and oxygen atoms in total. The first-order chi connectivity index (χ1) is 10.5. The maximum atomic E-state index is 11.9. The molecule has 2 rings (SSSR count). The molecule has 7 heteroatoms. The molecular weight excluding hydrogens is 382 g/mol. The van der Waals surface area contributed by atoms with Crippen molar-refractivity contribution in [3.63, 3.8) is 0 Å². The van der Waals surface area contributed by atoms with Gasteiger partial charge in [0, 0.05) is 22.6 Å². The summed E-state index contributed by atoms with van der Waals surface area (Å²) in [5.41, 5.74) is 7.67. The molecule has 4 N–H and O–H groups in total. The van der Waals surface area contributed by atoms with Crippen LogP contribution in [-0.4, -0.2) is 24.4 Å². The van der Waals surface area contributed by atoms with Gasteiger partial charge in [-0.15, -0.1) is 12.4 Å². The molecule has 1 saturated carbocycles. The van der Waals surface area contributed by atoms with Gasteiger partial charge in [-0.2, -0.15) is 0 Å². The van der Waals surface area contributed by atoms with E-state index in [-0.39, 0.29) is 42.7 Å². The molecule has 2 amide bonds. The number of nitrogens with one attached hydrogen (secondary N) is 2. The molecule has 0 bridgehead atoms. The molecule has 128 valence electrons. The van der Waals surface area contributed by atoms with Crippen LogP contribution in [0.2, 0.25) is 0 Å². The molecule has 2 atom stereocenters. The molecule has 0 spiro atoms. The summed E-state index contributed by atoms with van der Waals surface area (Å²) >= 11 is 3.37. The number of amides is 2. The molecule has 0 saturated heterocycles. The van der Waals surface area contributed by atoms with Crippen LogP contribution in [0.3, 0.4) is 0 Å². The van der Waals surface area contributed by atoms with Gasteiger partial charge in [0.15, 0.2) is 0 Å². The van der Waals surface area contributed by atoms with Crippen LogP contribution in [0.25, 0.3) is 0 Å². The second-order valence-corrected chi connectivity index (χ2v) is 6.76. The van der Waals surface area contributed by atoms with Crippen molar-refractivity contribution in [2.75, 3.05) is 11.9 Å². The molecule has 1 aromatic rings. The number of rotatable bonds is 5. The van der Waals surface area contributed by atoms with Crippen molar-refractivity contribution < 1.29 is 9.59 Å². The highest BCUT2D eigenvalue weighted by atomic mass is 79.9. The summed E-state index contributed by atoms with van der Waals surface area (Å²) in [6.45, 7) is 1.90. The van der Waals surface area contributed by atoms with Crippen LogP contribution in [-0.2, 0) is 9.59 Å². The summed E-state index contributed by atoms with van der Waals surface area (Å²) < 4.78 is 0.896. The zero-order valence-corrected chi connectivity index (χ0v) is 15.5. The second-order valence-electron chi connectivity index (χ2n) is 5.84. The van der Waals surface area contributed by atoms with E-state index in [9.17, 15) is 9.59 Å². The Morgan fingerprint density at radius 1 is 1.30 bits per heavy atom. The molecule has 1 fully saturated rings. The number of hydrogen-bond acceptors (Lipinski definition) is 3. The summed E-state index contributed by atoms with van der Waals surface area (Å²) in [5, 5.41) is 5.47. The van der Waals surface area contributed by atoms with Gasteiger partial charge in [-0.3, -0.25) is 9.59 Å². The van der Waals surface area contributed by atoms with Gasteiger partial charge in [0.2, 0.25) is 11.8 Å². The van der Waals surface area contributed by atoms with Crippen LogP contribution in [0.1, 0.15) is 31.2 Å². The van der Waals surface area contributed by atoms with Gasteiger partial charge in [-0.05, 0) is 43.4 Å². The molecule has 0 radical (unpaired) electrons. The van der Waals surface area contributed by atoms with E-state index in [0.717, 1.165) is 35.0 Å². The van der Waals surface area contributed by atoms with Gasteiger partial charge in [0.05, 0.1) is 6.54 Å². The molecule has 23 heavy (non-hydrogen) atoms. The average molecular weight is 405 g/mol. The Morgan fingerprint density at radius 3 is 2.70 bits per heavy atom. The van der Waals surface area contributed by atoms with E-state index >= 15 is 0 Å². The Bertz CT molecular complexity index is 568. The number of carbonyl (C=O) groups is 2. The molecule has 1 aliphatic rings. The largest absolute Gasteiger partial charge is 0.347 e. The molecular formula is C16H23BrClN3O2. The van der Waals surface area contributed by atoms with Gasteiger partial charge < -0.3 is 16.4 Å². The van der Waals surface area contributed by atoms with E-state index in [1.54, 1.807) is 0 Å². The van der Waals surface area contributed by atoms with E-state index in [1.165, 1.54) is 0 Å². The van der Waals surface area contributed by atoms with Gasteiger partial charge in [0.25, 0.3) is 0 Å². The van der Waals surface area contributed by atoms with Crippen LogP contribution in [0.15, 0.2) is 22.7 Å². The van der Waals surface area contributed by atoms with Gasteiger partial charge in [-0.25, -0.2) is 0 Å². The number of halogens is 2. The van der Waals surface area contributed by atoms with Crippen molar-refractivity contribution in [2.24, 2.45) is 11.7 Å². The third-order valence-electron chi connectivity index (χ3n) is 4.09. The van der Waals surface area contributed by atoms with Crippen LogP contribution in [0, 0.1) is 12.8 Å². The fourth-order valence-corrected chi connectivity index (χ4v) is 3.09. The molecule has 1 aromatic carbocycles. The Labute approximate surface area is 151 Å². The molecule has 1 aliphatic carbocycles. The lowest BCUT2D eigenvalue weighted by Crippen LogP contribution is -2.36. The second kappa shape index (κ2) is 9.25. The van der Waals surface area contributed by atoms with Crippen LogP contribution in [0.4, 0.5) is 5.69 Å². The fourth-order valence-electron chi connectivity index (χ4n) is 2.73. The highest BCUT2D eigenvalue weighted by molar-refractivity contribution is 9.10. The van der Waals surface area contributed by atoms with Crippen molar-refractivity contribution in [2.45, 2.75) is 38.6 Å². The third kappa shape index (κ3) is 6.12. The van der Waals surface area contributed by atoms with E-state index in [0.29, 0.717) is 6.42 Å². The number of aryl methyl sites for hydroxylation is 1. The fraction of sp³-hybridized carbons (Fsp3) is 0.500. The number of nitrogens with two attached hydrogens (primary N) is 1. The van der Waals surface area contributed by atoms with Crippen LogP contribution in [0.5, 0.6) is 0 Å². The summed E-state index contributed by atoms with van der Waals surface area (Å²) in [7, 11) is 0. The first-order valence-electron chi connectivity index (χ1n) is 7.54. The normalized spacial score (nSPS) is 19.8. The lowest BCUT2D eigenvalue weighted by Gasteiger charge is -2.15. The van der Waals surface area contributed by atoms with E-state index in [4.69, 9.17) is 5.73 Å². The number of benzene rings is 1. The third-order valence-corrected chi connectivity index (χ3v) is 4.58. The van der Waals surface area contributed by atoms with E-state index in [1.807, 2.05) is 25.1 Å². The first-order valence-corrected chi connectivity index (χ1v) is 8.33. The van der Waals surface area contributed by atoms with Crippen LogP contribution < -0.4 is 16.4 Å². The summed E-state index contributed by atoms with van der Waals surface area (Å²) in [5.74, 6) is -0.0934. The zero-order valence-electron chi connectivity index (χ0n) is 13.1. The van der Waals surface area contributed by atoms with Gasteiger partial charge >= 0.3 is 0 Å². The highest BCUT2D eigenvalue weighted by Gasteiger charge is 2.26. The van der Waals surface area contributed by atoms with Crippen molar-refractivity contribution in [3.8, 4) is 0 Å². The summed E-state index contributed by atoms with van der Waals surface area (Å²) in [6.07, 6.45) is 3.48. The zero-order chi connectivity index (χ0) is 16.1. The Balaban J connectivity index is 0.00000264. The van der Waals surface area contributed by atoms with Crippen molar-refractivity contribution >= 4 is 45.8 Å². The van der Waals surface area contributed by atoms with Gasteiger partial charge in [0.1, 0.15) is 0 Å². The topological polar surface area (TPSA) is 84.2 Å². The van der Waals surface area contributed by atoms with E-state index in [2.05, 4.69) is 26.6 Å². The lowest BCUT2D eigenvalue weighted by atomic mass is 10.00. The Kier molecular flexibility index (Phi) is 8.02. The van der Waals surface area contributed by atoms with Crippen molar-refractivity contribution in [1.29, 1.82) is 0 Å². The van der Waals surface area contributed by atoms with Crippen LogP contribution >= 0.6 is 28.3 Å². The minimum absolute atomic E-state index is 0. The maximum Gasteiger partial charge on any atom is 0.243 e. The maximum absolute atomic E-state index is 11.9. The predicted molar refractivity (Wildman–Crippen MR) is 97.7 cm³/mol. The molecule has 0 heterocycles. The van der Waals surface area contributed by atoms with Crippen molar-refractivity contribution in [1.82, 2.24) is 5.32 Å². The Morgan fingerprint density at radius 2 is 2.04 bits per heavy atom. The minimum atomic E-state index is -0.231. The Hall–Kier alpha value is -1.11. The quantitative estimate of drug-likeness (QED) is 0.705. The van der Waals surface area contributed by atoms with E-state index < -0.39 is 0 Å². The standard InChI is InChI=1S/C16H22BrN3O2.ClH/c1-10-5-6-12(17)8-14(10)20-16(22)9-19-15(21)7-11-3-2-4-13(11)18;/h5-6,8,11,13H,2-4,7,9,18H2,1H3,(H,19,21)(H,20,22);1H/t11-,13+;/m0./s1. The first kappa shape index (κ1) is 19.9. The molecule has 0 unspecified atom stereocenters. The number of hydrogen-bond donors (Lipinski definition) is 3. The van der Waals surface area contributed by atoms with Crippen molar-refractivity contribution in [3.05, 3.63) is 28.2 Å².